The largest absolute Gasteiger partial charge is 0.477 e. The van der Waals surface area contributed by atoms with E-state index >= 15 is 0 Å². The highest BCUT2D eigenvalue weighted by atomic mass is 32.3. The molecule has 0 saturated carbocycles. The van der Waals surface area contributed by atoms with Gasteiger partial charge in [-0.3, -0.25) is 4.98 Å². The number of nitrogens with zero attached hydrogens (tertiary/aromatic N) is 5. The molecular formula is C27H29N5O3S. The second kappa shape index (κ2) is 9.37. The van der Waals surface area contributed by atoms with Crippen molar-refractivity contribution in [1.82, 2.24) is 19.6 Å². The average molecular weight is 504 g/mol. The van der Waals surface area contributed by atoms with Crippen LogP contribution in [0.15, 0.2) is 48.7 Å². The third-order valence-corrected chi connectivity index (χ3v) is 9.90. The zero-order chi connectivity index (χ0) is 26.3. The lowest BCUT2D eigenvalue weighted by Gasteiger charge is -2.43. The van der Waals surface area contributed by atoms with Crippen molar-refractivity contribution in [3.63, 3.8) is 0 Å². The molecule has 3 aromatic heterocycles. The van der Waals surface area contributed by atoms with Crippen LogP contribution < -0.4 is 0 Å². The smallest absolute Gasteiger partial charge is 0.354 e. The predicted octanol–water partition coefficient (Wildman–Crippen LogP) is 5.63. The Morgan fingerprint density at radius 2 is 1.89 bits per heavy atom. The van der Waals surface area contributed by atoms with Crippen LogP contribution in [0.4, 0.5) is 0 Å². The molecule has 4 aromatic rings. The monoisotopic (exact) mass is 503 g/mol. The van der Waals surface area contributed by atoms with E-state index in [0.717, 1.165) is 22.5 Å². The first-order valence-electron chi connectivity index (χ1n) is 11.4. The highest BCUT2D eigenvalue weighted by molar-refractivity contribution is 8.29. The van der Waals surface area contributed by atoms with Crippen LogP contribution in [-0.4, -0.2) is 47.9 Å². The lowest BCUT2D eigenvalue weighted by atomic mass is 9.99. The molecule has 1 aromatic carbocycles. The first-order chi connectivity index (χ1) is 16.9. The molecule has 3 heterocycles. The highest BCUT2D eigenvalue weighted by Crippen LogP contribution is 2.54. The molecule has 36 heavy (non-hydrogen) atoms. The maximum absolute atomic E-state index is 11.7. The van der Waals surface area contributed by atoms with Gasteiger partial charge in [-0.05, 0) is 55.3 Å². The molecule has 0 aliphatic carbocycles. The van der Waals surface area contributed by atoms with E-state index in [1.54, 1.807) is 28.9 Å². The molecular weight excluding hydrogens is 474 g/mol. The predicted molar refractivity (Wildman–Crippen MR) is 142 cm³/mol. The number of benzene rings is 1. The molecule has 0 bridgehead atoms. The van der Waals surface area contributed by atoms with Gasteiger partial charge in [0.2, 0.25) is 0 Å². The van der Waals surface area contributed by atoms with Gasteiger partial charge in [-0.1, -0.05) is 32.9 Å². The van der Waals surface area contributed by atoms with Gasteiger partial charge in [-0.2, -0.15) is 10.4 Å². The van der Waals surface area contributed by atoms with Gasteiger partial charge in [-0.25, -0.2) is 14.3 Å². The molecule has 0 aliphatic rings. The van der Waals surface area contributed by atoms with Crippen molar-refractivity contribution >= 4 is 21.9 Å². The quantitative estimate of drug-likeness (QED) is 0.363. The van der Waals surface area contributed by atoms with E-state index in [9.17, 15) is 15.2 Å². The number of aromatic nitrogens is 4. The molecule has 0 radical (unpaired) electrons. The van der Waals surface area contributed by atoms with Crippen molar-refractivity contribution in [3.8, 4) is 28.5 Å². The van der Waals surface area contributed by atoms with E-state index in [-0.39, 0.29) is 10.4 Å². The second-order valence-corrected chi connectivity index (χ2v) is 13.8. The number of nitriles is 1. The third-order valence-electron chi connectivity index (χ3n) is 6.24. The van der Waals surface area contributed by atoms with Crippen LogP contribution in [0, 0.1) is 18.3 Å². The lowest BCUT2D eigenvalue weighted by molar-refractivity contribution is 0.0690. The van der Waals surface area contributed by atoms with Crippen LogP contribution in [0.2, 0.25) is 0 Å². The van der Waals surface area contributed by atoms with Crippen LogP contribution in [-0.2, 0) is 10.8 Å². The summed E-state index contributed by atoms with van der Waals surface area (Å²) >= 11 is 0. The fourth-order valence-corrected chi connectivity index (χ4v) is 4.36. The van der Waals surface area contributed by atoms with Crippen molar-refractivity contribution in [2.75, 3.05) is 12.5 Å². The van der Waals surface area contributed by atoms with E-state index in [0.29, 0.717) is 29.1 Å². The normalized spacial score (nSPS) is 12.5. The van der Waals surface area contributed by atoms with Gasteiger partial charge in [0.15, 0.2) is 11.3 Å². The van der Waals surface area contributed by atoms with E-state index in [1.165, 1.54) is 6.07 Å². The summed E-state index contributed by atoms with van der Waals surface area (Å²) in [6.45, 7) is 8.77. The highest BCUT2D eigenvalue weighted by Gasteiger charge is 2.29. The number of rotatable bonds is 6. The fraction of sp³-hybridized carbons (Fsp3) is 0.296. The first-order valence-corrected chi connectivity index (χ1v) is 13.8. The summed E-state index contributed by atoms with van der Waals surface area (Å²) < 4.78 is 7.94. The SMILES string of the molecule is Cc1cc(-c2c(-c3cccc(C#N)c3)nn3ccc(C(=O)O)nc23)cc(COS(C)(C)C(C)(C)C)n1. The molecule has 0 fully saturated rings. The molecule has 0 spiro atoms. The number of hydrogen-bond acceptors (Lipinski definition) is 6. The number of aromatic carboxylic acids is 1. The summed E-state index contributed by atoms with van der Waals surface area (Å²) in [7, 11) is -1.35. The minimum absolute atomic E-state index is 0.0121. The molecule has 0 atom stereocenters. The summed E-state index contributed by atoms with van der Waals surface area (Å²) in [5, 5.41) is 23.7. The van der Waals surface area contributed by atoms with Crippen LogP contribution in [0.3, 0.4) is 0 Å². The van der Waals surface area contributed by atoms with Crippen molar-refractivity contribution in [1.29, 1.82) is 5.26 Å². The van der Waals surface area contributed by atoms with Gasteiger partial charge in [0, 0.05) is 22.2 Å². The number of carboxylic acids is 1. The maximum Gasteiger partial charge on any atom is 0.354 e. The number of aryl methyl sites for hydroxylation is 1. The van der Waals surface area contributed by atoms with Gasteiger partial charge < -0.3 is 9.29 Å². The molecule has 0 amide bonds. The van der Waals surface area contributed by atoms with Gasteiger partial charge in [0.05, 0.1) is 22.9 Å². The first kappa shape index (κ1) is 25.4. The van der Waals surface area contributed by atoms with Crippen molar-refractivity contribution in [2.45, 2.75) is 39.0 Å². The Balaban J connectivity index is 1.90. The third kappa shape index (κ3) is 4.96. The van der Waals surface area contributed by atoms with Crippen molar-refractivity contribution in [3.05, 3.63) is 71.3 Å². The van der Waals surface area contributed by atoms with E-state index in [1.807, 2.05) is 25.1 Å². The second-order valence-electron chi connectivity index (χ2n) is 9.90. The minimum Gasteiger partial charge on any atom is -0.477 e. The van der Waals surface area contributed by atoms with Gasteiger partial charge in [0.25, 0.3) is 0 Å². The number of hydrogen-bond donors (Lipinski definition) is 1. The molecule has 1 N–H and O–H groups in total. The zero-order valence-corrected chi connectivity index (χ0v) is 22.1. The number of pyridine rings is 1. The molecule has 9 heteroatoms. The van der Waals surface area contributed by atoms with Crippen LogP contribution in [0.5, 0.6) is 0 Å². The summed E-state index contributed by atoms with van der Waals surface area (Å²) in [6, 6.07) is 14.6. The zero-order valence-electron chi connectivity index (χ0n) is 21.2. The topological polar surface area (TPSA) is 113 Å². The summed E-state index contributed by atoms with van der Waals surface area (Å²) in [4.78, 5) is 20.8. The Hall–Kier alpha value is -3.74. The van der Waals surface area contributed by atoms with Crippen molar-refractivity contribution < 1.29 is 14.1 Å². The van der Waals surface area contributed by atoms with Gasteiger partial charge >= 0.3 is 5.97 Å². The molecule has 4 rings (SSSR count). The fourth-order valence-electron chi connectivity index (χ4n) is 3.59. The van der Waals surface area contributed by atoms with E-state index in [2.05, 4.69) is 49.3 Å². The number of carboxylic acid groups (broad SMARTS) is 1. The van der Waals surface area contributed by atoms with Crippen molar-refractivity contribution in [2.24, 2.45) is 0 Å². The standard InChI is InChI=1S/C27H29N5O3S/c1-17-12-20(14-21(29-17)16-35-36(5,6)27(2,3)4)23-24(19-9-7-8-18(13-19)15-28)31-32-11-10-22(26(33)34)30-25(23)32/h7-14H,16H2,1-6H3,(H,33,34). The molecule has 186 valence electrons. The van der Waals surface area contributed by atoms with Gasteiger partial charge in [0.1, 0.15) is 12.3 Å². The molecule has 0 saturated heterocycles. The molecule has 0 aliphatic heterocycles. The Morgan fingerprint density at radius 1 is 1.14 bits per heavy atom. The summed E-state index contributed by atoms with van der Waals surface area (Å²) in [5.41, 5.74) is 5.19. The maximum atomic E-state index is 11.7. The molecule has 0 unspecified atom stereocenters. The van der Waals surface area contributed by atoms with Crippen LogP contribution in [0.1, 0.15) is 48.2 Å². The Morgan fingerprint density at radius 3 is 2.56 bits per heavy atom. The summed E-state index contributed by atoms with van der Waals surface area (Å²) in [6.07, 6.45) is 5.87. The number of carbonyl (C=O) groups is 1. The Kier molecular flexibility index (Phi) is 6.60. The van der Waals surface area contributed by atoms with E-state index < -0.39 is 16.3 Å². The minimum atomic E-state index is -1.35. The number of fused-ring (bicyclic) bond motifs is 1. The Bertz CT molecular complexity index is 1510. The van der Waals surface area contributed by atoms with Gasteiger partial charge in [-0.15, -0.1) is 10.3 Å². The van der Waals surface area contributed by atoms with E-state index in [4.69, 9.17) is 9.28 Å². The lowest BCUT2D eigenvalue weighted by Crippen LogP contribution is -2.25. The molecule has 8 nitrogen and oxygen atoms in total. The summed E-state index contributed by atoms with van der Waals surface area (Å²) in [5.74, 6) is -1.12. The van der Waals surface area contributed by atoms with Crippen LogP contribution in [0.25, 0.3) is 28.0 Å². The average Bonchev–Trinajstić information content (AvgIpc) is 3.20. The Labute approximate surface area is 212 Å². The van der Waals surface area contributed by atoms with Crippen LogP contribution >= 0.6 is 10.3 Å².